The highest BCUT2D eigenvalue weighted by Crippen LogP contribution is 2.13. The first-order valence-corrected chi connectivity index (χ1v) is 4.13. The standard InChI is InChI=1S/C9H15NO/c1-4-5-9-6-7(2)8(3)10-11-9/h6,9H,4-5H2,1-3H3. The first kappa shape index (κ1) is 8.31. The van der Waals surface area contributed by atoms with Crippen molar-refractivity contribution in [3.05, 3.63) is 11.6 Å². The summed E-state index contributed by atoms with van der Waals surface area (Å²) in [7, 11) is 0. The van der Waals surface area contributed by atoms with Gasteiger partial charge in [-0.15, -0.1) is 0 Å². The fourth-order valence-electron chi connectivity index (χ4n) is 1.07. The van der Waals surface area contributed by atoms with Crippen LogP contribution in [-0.2, 0) is 4.84 Å². The molecule has 0 aliphatic carbocycles. The van der Waals surface area contributed by atoms with Gasteiger partial charge in [-0.25, -0.2) is 0 Å². The maximum atomic E-state index is 5.21. The highest BCUT2D eigenvalue weighted by molar-refractivity contribution is 5.97. The van der Waals surface area contributed by atoms with E-state index in [4.69, 9.17) is 4.84 Å². The Morgan fingerprint density at radius 3 is 2.82 bits per heavy atom. The fraction of sp³-hybridized carbons (Fsp3) is 0.667. The minimum absolute atomic E-state index is 0.212. The largest absolute Gasteiger partial charge is 0.388 e. The van der Waals surface area contributed by atoms with Crippen LogP contribution in [0, 0.1) is 0 Å². The first-order valence-electron chi connectivity index (χ1n) is 4.13. The second-order valence-electron chi connectivity index (χ2n) is 2.96. The normalized spacial score (nSPS) is 23.7. The monoisotopic (exact) mass is 153 g/mol. The lowest BCUT2D eigenvalue weighted by Crippen LogP contribution is -2.14. The van der Waals surface area contributed by atoms with Crippen LogP contribution in [0.2, 0.25) is 0 Å². The van der Waals surface area contributed by atoms with Gasteiger partial charge in [0, 0.05) is 0 Å². The van der Waals surface area contributed by atoms with Crippen molar-refractivity contribution in [2.24, 2.45) is 5.16 Å². The van der Waals surface area contributed by atoms with E-state index in [1.165, 1.54) is 5.57 Å². The number of hydrogen-bond donors (Lipinski definition) is 0. The number of nitrogens with zero attached hydrogens (tertiary/aromatic N) is 1. The molecule has 0 saturated carbocycles. The molecule has 0 bridgehead atoms. The van der Waals surface area contributed by atoms with E-state index >= 15 is 0 Å². The fourth-order valence-corrected chi connectivity index (χ4v) is 1.07. The molecule has 1 heterocycles. The average molecular weight is 153 g/mol. The van der Waals surface area contributed by atoms with Gasteiger partial charge in [0.2, 0.25) is 0 Å². The summed E-state index contributed by atoms with van der Waals surface area (Å²) in [4.78, 5) is 5.21. The van der Waals surface area contributed by atoms with Crippen molar-refractivity contribution >= 4 is 5.71 Å². The summed E-state index contributed by atoms with van der Waals surface area (Å²) in [6.45, 7) is 6.19. The molecule has 0 aromatic carbocycles. The Labute approximate surface area is 67.9 Å². The van der Waals surface area contributed by atoms with E-state index in [9.17, 15) is 0 Å². The Kier molecular flexibility index (Phi) is 2.69. The zero-order chi connectivity index (χ0) is 8.27. The molecule has 0 saturated heterocycles. The highest BCUT2D eigenvalue weighted by atomic mass is 16.6. The van der Waals surface area contributed by atoms with Crippen molar-refractivity contribution in [1.82, 2.24) is 0 Å². The van der Waals surface area contributed by atoms with Gasteiger partial charge < -0.3 is 4.84 Å². The third kappa shape index (κ3) is 2.07. The lowest BCUT2D eigenvalue weighted by Gasteiger charge is -2.16. The molecule has 1 unspecified atom stereocenters. The summed E-state index contributed by atoms with van der Waals surface area (Å²) in [6.07, 6.45) is 4.56. The van der Waals surface area contributed by atoms with Gasteiger partial charge in [-0.3, -0.25) is 0 Å². The van der Waals surface area contributed by atoms with E-state index in [1.54, 1.807) is 0 Å². The molecule has 11 heavy (non-hydrogen) atoms. The molecule has 1 aliphatic rings. The van der Waals surface area contributed by atoms with Crippen LogP contribution >= 0.6 is 0 Å². The van der Waals surface area contributed by atoms with Crippen molar-refractivity contribution in [2.45, 2.75) is 39.7 Å². The van der Waals surface area contributed by atoms with Gasteiger partial charge in [-0.05, 0) is 31.9 Å². The maximum Gasteiger partial charge on any atom is 0.146 e. The van der Waals surface area contributed by atoms with Gasteiger partial charge in [-0.2, -0.15) is 0 Å². The molecular formula is C9H15NO. The van der Waals surface area contributed by atoms with E-state index < -0.39 is 0 Å². The lowest BCUT2D eigenvalue weighted by molar-refractivity contribution is 0.0820. The Morgan fingerprint density at radius 1 is 1.55 bits per heavy atom. The SMILES string of the molecule is CCCC1C=C(C)C(C)=NO1. The molecule has 1 aliphatic heterocycles. The number of oxime groups is 1. The maximum absolute atomic E-state index is 5.21. The molecule has 0 spiro atoms. The topological polar surface area (TPSA) is 21.6 Å². The van der Waals surface area contributed by atoms with Gasteiger partial charge in [-0.1, -0.05) is 18.5 Å². The second kappa shape index (κ2) is 3.56. The molecule has 0 fully saturated rings. The molecule has 62 valence electrons. The number of allylic oxidation sites excluding steroid dienone is 1. The molecule has 0 radical (unpaired) electrons. The van der Waals surface area contributed by atoms with E-state index in [0.717, 1.165) is 18.6 Å². The Bertz CT molecular complexity index is 194. The molecule has 2 nitrogen and oxygen atoms in total. The van der Waals surface area contributed by atoms with Crippen LogP contribution < -0.4 is 0 Å². The van der Waals surface area contributed by atoms with Crippen LogP contribution in [0.4, 0.5) is 0 Å². The summed E-state index contributed by atoms with van der Waals surface area (Å²) in [5.41, 5.74) is 2.24. The molecule has 1 atom stereocenters. The number of hydrogen-bond acceptors (Lipinski definition) is 2. The van der Waals surface area contributed by atoms with Crippen molar-refractivity contribution < 1.29 is 4.84 Å². The summed E-state index contributed by atoms with van der Waals surface area (Å²) >= 11 is 0. The molecule has 0 aromatic heterocycles. The van der Waals surface area contributed by atoms with E-state index in [0.29, 0.717) is 0 Å². The van der Waals surface area contributed by atoms with Crippen LogP contribution in [0.5, 0.6) is 0 Å². The molecule has 1 rings (SSSR count). The average Bonchev–Trinajstić information content (AvgIpc) is 1.98. The Morgan fingerprint density at radius 2 is 2.27 bits per heavy atom. The van der Waals surface area contributed by atoms with Crippen LogP contribution in [-0.4, -0.2) is 11.8 Å². The minimum atomic E-state index is 0.212. The Hall–Kier alpha value is -0.790. The molecule has 0 N–H and O–H groups in total. The zero-order valence-electron chi connectivity index (χ0n) is 7.42. The van der Waals surface area contributed by atoms with Gasteiger partial charge in [0.25, 0.3) is 0 Å². The third-order valence-electron chi connectivity index (χ3n) is 1.90. The summed E-state index contributed by atoms with van der Waals surface area (Å²) < 4.78 is 0. The van der Waals surface area contributed by atoms with Gasteiger partial charge in [0.1, 0.15) is 6.10 Å². The van der Waals surface area contributed by atoms with Crippen molar-refractivity contribution in [1.29, 1.82) is 0 Å². The molecule has 2 heteroatoms. The lowest BCUT2D eigenvalue weighted by atomic mass is 10.1. The van der Waals surface area contributed by atoms with Crippen molar-refractivity contribution in [3.8, 4) is 0 Å². The van der Waals surface area contributed by atoms with Crippen LogP contribution in [0.25, 0.3) is 0 Å². The quantitative estimate of drug-likeness (QED) is 0.597. The van der Waals surface area contributed by atoms with Gasteiger partial charge >= 0.3 is 0 Å². The summed E-state index contributed by atoms with van der Waals surface area (Å²) in [5, 5.41) is 3.96. The van der Waals surface area contributed by atoms with E-state index in [2.05, 4.69) is 25.1 Å². The van der Waals surface area contributed by atoms with Gasteiger partial charge in [0.05, 0.1) is 5.71 Å². The van der Waals surface area contributed by atoms with Crippen molar-refractivity contribution in [2.75, 3.05) is 0 Å². The molecule has 0 amide bonds. The first-order chi connectivity index (χ1) is 5.24. The van der Waals surface area contributed by atoms with Crippen LogP contribution in [0.3, 0.4) is 0 Å². The summed E-state index contributed by atoms with van der Waals surface area (Å²) in [6, 6.07) is 0. The van der Waals surface area contributed by atoms with Crippen LogP contribution in [0.15, 0.2) is 16.8 Å². The Balaban J connectivity index is 2.54. The smallest absolute Gasteiger partial charge is 0.146 e. The summed E-state index contributed by atoms with van der Waals surface area (Å²) in [5.74, 6) is 0. The third-order valence-corrected chi connectivity index (χ3v) is 1.90. The van der Waals surface area contributed by atoms with Crippen LogP contribution in [0.1, 0.15) is 33.6 Å². The predicted molar refractivity (Wildman–Crippen MR) is 46.6 cm³/mol. The minimum Gasteiger partial charge on any atom is -0.388 e. The zero-order valence-corrected chi connectivity index (χ0v) is 7.42. The number of rotatable bonds is 2. The van der Waals surface area contributed by atoms with Crippen molar-refractivity contribution in [3.63, 3.8) is 0 Å². The highest BCUT2D eigenvalue weighted by Gasteiger charge is 2.11. The predicted octanol–water partition coefficient (Wildman–Crippen LogP) is 2.51. The van der Waals surface area contributed by atoms with E-state index in [-0.39, 0.29) is 6.10 Å². The van der Waals surface area contributed by atoms with E-state index in [1.807, 2.05) is 6.92 Å². The molecular weight excluding hydrogens is 138 g/mol. The van der Waals surface area contributed by atoms with Gasteiger partial charge in [0.15, 0.2) is 0 Å². The second-order valence-corrected chi connectivity index (χ2v) is 2.96. The molecule has 0 aromatic rings.